The van der Waals surface area contributed by atoms with Crippen molar-refractivity contribution in [3.05, 3.63) is 35.9 Å². The Morgan fingerprint density at radius 2 is 1.46 bits per heavy atom. The molecule has 3 amide bonds. The average Bonchev–Trinajstić information content (AvgIpc) is 2.81. The molecule has 0 saturated heterocycles. The standard InChI is InChI=1S/C24H39N5O6/c1-15(2)12-17(26)21(31)27-18(10-6-7-11-25)22(32)29-20(14-30)23(33)28-19(24(34)35)13-16-8-4-3-5-9-16/h3-5,8-9,15,17-20,30H,6-7,10-14,25-26H2,1-2H3,(H,27,31)(H,28,33)(H,29,32)(H,34,35). The maximum atomic E-state index is 12.9. The van der Waals surface area contributed by atoms with Crippen molar-refractivity contribution in [3.63, 3.8) is 0 Å². The Balaban J connectivity index is 2.86. The highest BCUT2D eigenvalue weighted by atomic mass is 16.4. The van der Waals surface area contributed by atoms with Gasteiger partial charge in [0.1, 0.15) is 18.1 Å². The molecule has 35 heavy (non-hydrogen) atoms. The van der Waals surface area contributed by atoms with Gasteiger partial charge in [0.2, 0.25) is 17.7 Å². The highest BCUT2D eigenvalue weighted by Gasteiger charge is 2.30. The number of aliphatic hydroxyl groups excluding tert-OH is 1. The van der Waals surface area contributed by atoms with Gasteiger partial charge >= 0.3 is 5.97 Å². The van der Waals surface area contributed by atoms with Crippen LogP contribution < -0.4 is 27.4 Å². The lowest BCUT2D eigenvalue weighted by Crippen LogP contribution is -2.58. The summed E-state index contributed by atoms with van der Waals surface area (Å²) in [5.74, 6) is -3.11. The van der Waals surface area contributed by atoms with Crippen LogP contribution in [0.4, 0.5) is 0 Å². The fraction of sp³-hybridized carbons (Fsp3) is 0.583. The van der Waals surface area contributed by atoms with Crippen molar-refractivity contribution >= 4 is 23.7 Å². The third-order valence-electron chi connectivity index (χ3n) is 5.35. The van der Waals surface area contributed by atoms with Crippen LogP contribution in [0.3, 0.4) is 0 Å². The predicted octanol–water partition coefficient (Wildman–Crippen LogP) is -0.737. The maximum Gasteiger partial charge on any atom is 0.326 e. The highest BCUT2D eigenvalue weighted by Crippen LogP contribution is 2.07. The quantitative estimate of drug-likeness (QED) is 0.146. The zero-order valence-electron chi connectivity index (χ0n) is 20.4. The molecule has 0 saturated carbocycles. The molecule has 0 spiro atoms. The second kappa shape index (κ2) is 15.8. The van der Waals surface area contributed by atoms with Crippen LogP contribution >= 0.6 is 0 Å². The molecule has 4 unspecified atom stereocenters. The maximum absolute atomic E-state index is 12.9. The number of rotatable bonds is 16. The van der Waals surface area contributed by atoms with Gasteiger partial charge in [-0.2, -0.15) is 0 Å². The number of aliphatic hydroxyl groups is 1. The normalized spacial score (nSPS) is 14.5. The number of nitrogens with one attached hydrogen (secondary N) is 3. The van der Waals surface area contributed by atoms with E-state index in [1.807, 2.05) is 13.8 Å². The van der Waals surface area contributed by atoms with E-state index >= 15 is 0 Å². The van der Waals surface area contributed by atoms with E-state index in [0.29, 0.717) is 31.4 Å². The molecule has 4 atom stereocenters. The Morgan fingerprint density at radius 3 is 2.00 bits per heavy atom. The van der Waals surface area contributed by atoms with Crippen LogP contribution in [0.15, 0.2) is 30.3 Å². The molecule has 1 rings (SSSR count). The highest BCUT2D eigenvalue weighted by molar-refractivity contribution is 5.94. The number of hydrogen-bond donors (Lipinski definition) is 7. The summed E-state index contributed by atoms with van der Waals surface area (Å²) in [6.07, 6.45) is 1.89. The lowest BCUT2D eigenvalue weighted by molar-refractivity contribution is -0.142. The smallest absolute Gasteiger partial charge is 0.326 e. The number of carbonyl (C=O) groups excluding carboxylic acids is 3. The number of hydrogen-bond acceptors (Lipinski definition) is 7. The summed E-state index contributed by atoms with van der Waals surface area (Å²) in [4.78, 5) is 49.7. The van der Waals surface area contributed by atoms with Crippen LogP contribution in [0.1, 0.15) is 45.1 Å². The molecule has 0 bridgehead atoms. The van der Waals surface area contributed by atoms with Crippen molar-refractivity contribution in [1.82, 2.24) is 16.0 Å². The van der Waals surface area contributed by atoms with E-state index < -0.39 is 54.5 Å². The summed E-state index contributed by atoms with van der Waals surface area (Å²) in [6, 6.07) is 4.28. The molecule has 0 fully saturated rings. The molecule has 0 heterocycles. The van der Waals surface area contributed by atoms with Gasteiger partial charge in [-0.25, -0.2) is 4.79 Å². The Kier molecular flexibility index (Phi) is 13.5. The molecule has 0 radical (unpaired) electrons. The first-order valence-corrected chi connectivity index (χ1v) is 11.8. The Labute approximate surface area is 206 Å². The summed E-state index contributed by atoms with van der Waals surface area (Å²) < 4.78 is 0. The van der Waals surface area contributed by atoms with Crippen molar-refractivity contribution in [3.8, 4) is 0 Å². The van der Waals surface area contributed by atoms with Gasteiger partial charge < -0.3 is 37.6 Å². The van der Waals surface area contributed by atoms with E-state index in [2.05, 4.69) is 16.0 Å². The molecule has 11 nitrogen and oxygen atoms in total. The topological polar surface area (TPSA) is 197 Å². The molecule has 196 valence electrons. The molecule has 0 aliphatic rings. The van der Waals surface area contributed by atoms with Crippen molar-refractivity contribution < 1.29 is 29.4 Å². The second-order valence-corrected chi connectivity index (χ2v) is 8.91. The fourth-order valence-electron chi connectivity index (χ4n) is 3.44. The van der Waals surface area contributed by atoms with Gasteiger partial charge in [0.25, 0.3) is 0 Å². The van der Waals surface area contributed by atoms with Crippen molar-refractivity contribution in [1.29, 1.82) is 0 Å². The molecule has 9 N–H and O–H groups in total. The van der Waals surface area contributed by atoms with Gasteiger partial charge in [0.15, 0.2) is 0 Å². The van der Waals surface area contributed by atoms with E-state index in [-0.39, 0.29) is 18.8 Å². The summed E-state index contributed by atoms with van der Waals surface area (Å²) in [7, 11) is 0. The number of carboxylic acids is 1. The largest absolute Gasteiger partial charge is 0.480 e. The Morgan fingerprint density at radius 1 is 0.886 bits per heavy atom. The summed E-state index contributed by atoms with van der Waals surface area (Å²) in [6.45, 7) is 3.50. The van der Waals surface area contributed by atoms with Crippen LogP contribution in [0.2, 0.25) is 0 Å². The second-order valence-electron chi connectivity index (χ2n) is 8.91. The SMILES string of the molecule is CC(C)CC(N)C(=O)NC(CCCCN)C(=O)NC(CO)C(=O)NC(Cc1ccccc1)C(=O)O. The fourth-order valence-corrected chi connectivity index (χ4v) is 3.44. The minimum atomic E-state index is -1.40. The predicted molar refractivity (Wildman–Crippen MR) is 131 cm³/mol. The third-order valence-corrected chi connectivity index (χ3v) is 5.35. The number of nitrogens with two attached hydrogens (primary N) is 2. The molecular weight excluding hydrogens is 454 g/mol. The van der Waals surface area contributed by atoms with Gasteiger partial charge in [-0.1, -0.05) is 44.2 Å². The van der Waals surface area contributed by atoms with Crippen molar-refractivity contribution in [2.45, 2.75) is 70.1 Å². The lowest BCUT2D eigenvalue weighted by atomic mass is 10.0. The molecule has 0 aromatic heterocycles. The summed E-state index contributed by atoms with van der Waals surface area (Å²) in [5, 5.41) is 26.6. The first kappa shape index (κ1) is 30.0. The van der Waals surface area contributed by atoms with E-state index in [1.165, 1.54) is 0 Å². The van der Waals surface area contributed by atoms with Crippen LogP contribution in [-0.2, 0) is 25.6 Å². The minimum Gasteiger partial charge on any atom is -0.480 e. The van der Waals surface area contributed by atoms with Gasteiger partial charge in [-0.05, 0) is 43.7 Å². The zero-order chi connectivity index (χ0) is 26.4. The molecule has 0 aliphatic heterocycles. The Hall–Kier alpha value is -3.02. The number of aliphatic carboxylic acids is 1. The molecule has 11 heteroatoms. The average molecular weight is 494 g/mol. The van der Waals surface area contributed by atoms with E-state index in [1.54, 1.807) is 30.3 Å². The monoisotopic (exact) mass is 493 g/mol. The van der Waals surface area contributed by atoms with Gasteiger partial charge in [0.05, 0.1) is 12.6 Å². The van der Waals surface area contributed by atoms with Crippen molar-refractivity contribution in [2.24, 2.45) is 17.4 Å². The lowest BCUT2D eigenvalue weighted by Gasteiger charge is -2.24. The number of benzene rings is 1. The third kappa shape index (κ3) is 11.3. The number of carbonyl (C=O) groups is 4. The van der Waals surface area contributed by atoms with Gasteiger partial charge in [-0.3, -0.25) is 14.4 Å². The Bertz CT molecular complexity index is 820. The molecule has 1 aromatic rings. The van der Waals surface area contributed by atoms with Crippen molar-refractivity contribution in [2.75, 3.05) is 13.2 Å². The molecule has 1 aromatic carbocycles. The molecule has 0 aliphatic carbocycles. The summed E-state index contributed by atoms with van der Waals surface area (Å²) in [5.41, 5.74) is 12.1. The van der Waals surface area contributed by atoms with Gasteiger partial charge in [-0.15, -0.1) is 0 Å². The van der Waals surface area contributed by atoms with Crippen LogP contribution in [0.25, 0.3) is 0 Å². The first-order valence-electron chi connectivity index (χ1n) is 11.8. The van der Waals surface area contributed by atoms with E-state index in [0.717, 1.165) is 0 Å². The zero-order valence-corrected chi connectivity index (χ0v) is 20.4. The number of unbranched alkanes of at least 4 members (excludes halogenated alkanes) is 1. The van der Waals surface area contributed by atoms with Gasteiger partial charge in [0, 0.05) is 6.42 Å². The van der Waals surface area contributed by atoms with Crippen LogP contribution in [0.5, 0.6) is 0 Å². The number of carboxylic acid groups (broad SMARTS) is 1. The van der Waals surface area contributed by atoms with E-state index in [9.17, 15) is 29.4 Å². The minimum absolute atomic E-state index is 0.0273. The number of amides is 3. The summed E-state index contributed by atoms with van der Waals surface area (Å²) >= 11 is 0. The molecular formula is C24H39N5O6. The van der Waals surface area contributed by atoms with Crippen LogP contribution in [-0.4, -0.2) is 71.2 Å². The first-order chi connectivity index (χ1) is 16.6. The van der Waals surface area contributed by atoms with E-state index in [4.69, 9.17) is 11.5 Å². The van der Waals surface area contributed by atoms with Crippen LogP contribution in [0, 0.1) is 5.92 Å².